The molecule has 14 atom stereocenters. The van der Waals surface area contributed by atoms with Crippen LogP contribution in [0.25, 0.3) is 0 Å². The van der Waals surface area contributed by atoms with Crippen LogP contribution >= 0.6 is 0 Å². The molecule has 4 saturated heterocycles. The summed E-state index contributed by atoms with van der Waals surface area (Å²) in [6.45, 7) is -0.604. The van der Waals surface area contributed by atoms with Gasteiger partial charge in [-0.1, -0.05) is 0 Å². The van der Waals surface area contributed by atoms with Crippen molar-refractivity contribution in [2.24, 2.45) is 11.8 Å². The molecular weight excluding hydrogens is 696 g/mol. The van der Waals surface area contributed by atoms with Gasteiger partial charge in [0.2, 0.25) is 24.1 Å². The Morgan fingerprint density at radius 1 is 0.519 bits per heavy atom. The number of hydrogen-bond acceptors (Lipinski definition) is 18. The van der Waals surface area contributed by atoms with Gasteiger partial charge < -0.3 is 88.2 Å². The van der Waals surface area contributed by atoms with Crippen LogP contribution in [0.3, 0.4) is 0 Å². The molecule has 18 nitrogen and oxygen atoms in total. The van der Waals surface area contributed by atoms with Crippen LogP contribution in [0.1, 0.15) is 23.3 Å². The normalized spacial score (nSPS) is 37.3. The molecular formula is C34H46O18. The molecule has 0 aliphatic carbocycles. The zero-order valence-electron chi connectivity index (χ0n) is 28.9. The fourth-order valence-electron chi connectivity index (χ4n) is 7.16. The number of methoxy groups -OCH3 is 4. The van der Waals surface area contributed by atoms with Crippen LogP contribution in [0.2, 0.25) is 0 Å². The van der Waals surface area contributed by atoms with Gasteiger partial charge >= 0.3 is 0 Å². The van der Waals surface area contributed by atoms with E-state index in [9.17, 15) is 40.9 Å². The predicted octanol–water partition coefficient (Wildman–Crippen LogP) is -1.85. The number of fused-ring (bicyclic) bond motifs is 1. The number of aliphatic hydroxyl groups is 8. The number of hydrogen-bond donors (Lipinski definition) is 8. The highest BCUT2D eigenvalue weighted by atomic mass is 16.7. The van der Waals surface area contributed by atoms with Crippen molar-refractivity contribution in [2.45, 2.75) is 73.6 Å². The highest BCUT2D eigenvalue weighted by Gasteiger charge is 2.50. The van der Waals surface area contributed by atoms with Crippen molar-refractivity contribution in [1.82, 2.24) is 0 Å². The summed E-state index contributed by atoms with van der Waals surface area (Å²) in [5.41, 5.74) is 1.37. The molecule has 18 heteroatoms. The average Bonchev–Trinajstić information content (AvgIpc) is 3.78. The Kier molecular flexibility index (Phi) is 11.8. The standard InChI is InChI=1S/C34H46O18/c1-43-17-5-13(6-18(44-2)31(17)51-33-27(41)25(39)23(37)21(9-35)49-33)29-15-11-48-30(16(15)12-47-29)14-7-19(45-3)32(20(8-14)46-4)52-34-28(42)26(40)24(38)22(10-36)50-34/h5-8,15-16,21-30,33-42H,9-12H2,1-4H3/t15?,16?,21-,22+,23-,24-,25+,26-,27+,28+,29?,30?,33+,34-/m1/s1. The van der Waals surface area contributed by atoms with E-state index in [1.807, 2.05) is 0 Å². The van der Waals surface area contributed by atoms with Crippen molar-refractivity contribution in [3.63, 3.8) is 0 Å². The van der Waals surface area contributed by atoms with E-state index in [4.69, 9.17) is 47.4 Å². The first-order valence-electron chi connectivity index (χ1n) is 16.7. The quantitative estimate of drug-likeness (QED) is 0.119. The molecule has 4 aliphatic heterocycles. The third kappa shape index (κ3) is 6.94. The van der Waals surface area contributed by atoms with Crippen LogP contribution in [0.4, 0.5) is 0 Å². The molecule has 0 radical (unpaired) electrons. The molecule has 2 aromatic rings. The average molecular weight is 743 g/mol. The van der Waals surface area contributed by atoms with Gasteiger partial charge in [0.15, 0.2) is 23.0 Å². The van der Waals surface area contributed by atoms with Crippen molar-refractivity contribution in [3.05, 3.63) is 35.4 Å². The minimum Gasteiger partial charge on any atom is -0.493 e. The summed E-state index contributed by atoms with van der Waals surface area (Å²) in [5.74, 6) is 0.683. The van der Waals surface area contributed by atoms with Crippen molar-refractivity contribution in [2.75, 3.05) is 54.9 Å². The largest absolute Gasteiger partial charge is 0.493 e. The van der Waals surface area contributed by atoms with E-state index in [1.54, 1.807) is 24.3 Å². The summed E-state index contributed by atoms with van der Waals surface area (Å²) in [7, 11) is 5.66. The second-order valence-corrected chi connectivity index (χ2v) is 13.0. The Hall–Kier alpha value is -3.24. The van der Waals surface area contributed by atoms with E-state index in [-0.39, 0.29) is 46.3 Å². The summed E-state index contributed by atoms with van der Waals surface area (Å²) in [6.07, 6.45) is -15.9. The molecule has 4 heterocycles. The highest BCUT2D eigenvalue weighted by molar-refractivity contribution is 5.56. The topological polar surface area (TPSA) is 254 Å². The van der Waals surface area contributed by atoms with Gasteiger partial charge in [0, 0.05) is 11.8 Å². The molecule has 290 valence electrons. The van der Waals surface area contributed by atoms with Gasteiger partial charge in [-0.2, -0.15) is 0 Å². The van der Waals surface area contributed by atoms with E-state index in [0.717, 1.165) is 0 Å². The molecule has 0 aromatic heterocycles. The Labute approximate surface area is 298 Å². The van der Waals surface area contributed by atoms with Gasteiger partial charge in [-0.15, -0.1) is 0 Å². The predicted molar refractivity (Wildman–Crippen MR) is 172 cm³/mol. The van der Waals surface area contributed by atoms with Crippen molar-refractivity contribution in [3.8, 4) is 34.5 Å². The second-order valence-electron chi connectivity index (χ2n) is 13.0. The lowest BCUT2D eigenvalue weighted by Crippen LogP contribution is -2.60. The molecule has 6 rings (SSSR count). The summed E-state index contributed by atoms with van der Waals surface area (Å²) in [4.78, 5) is 0. The number of ether oxygens (including phenoxy) is 10. The summed E-state index contributed by atoms with van der Waals surface area (Å²) < 4.78 is 58.0. The van der Waals surface area contributed by atoms with E-state index in [2.05, 4.69) is 0 Å². The molecule has 4 unspecified atom stereocenters. The lowest BCUT2D eigenvalue weighted by molar-refractivity contribution is -0.277. The van der Waals surface area contributed by atoms with E-state index in [1.165, 1.54) is 28.4 Å². The van der Waals surface area contributed by atoms with Crippen LogP contribution in [0.5, 0.6) is 34.5 Å². The smallest absolute Gasteiger partial charge is 0.229 e. The van der Waals surface area contributed by atoms with E-state index < -0.39 is 86.8 Å². The van der Waals surface area contributed by atoms with Gasteiger partial charge in [0.05, 0.1) is 67.1 Å². The molecule has 0 bridgehead atoms. The molecule has 0 spiro atoms. The Morgan fingerprint density at radius 2 is 0.846 bits per heavy atom. The lowest BCUT2D eigenvalue weighted by atomic mass is 9.84. The summed E-state index contributed by atoms with van der Waals surface area (Å²) in [6, 6.07) is 6.78. The van der Waals surface area contributed by atoms with Crippen molar-refractivity contribution < 1.29 is 88.2 Å². The van der Waals surface area contributed by atoms with Gasteiger partial charge in [-0.05, 0) is 35.4 Å². The number of rotatable bonds is 12. The van der Waals surface area contributed by atoms with Crippen molar-refractivity contribution in [1.29, 1.82) is 0 Å². The second kappa shape index (κ2) is 16.0. The van der Waals surface area contributed by atoms with Crippen LogP contribution in [0, 0.1) is 11.8 Å². The van der Waals surface area contributed by atoms with Gasteiger partial charge in [0.1, 0.15) is 48.8 Å². The first-order valence-corrected chi connectivity index (χ1v) is 16.7. The number of aliphatic hydroxyl groups excluding tert-OH is 8. The van der Waals surface area contributed by atoms with Crippen LogP contribution < -0.4 is 28.4 Å². The number of benzene rings is 2. The monoisotopic (exact) mass is 742 g/mol. The molecule has 0 saturated carbocycles. The zero-order chi connectivity index (χ0) is 37.4. The van der Waals surface area contributed by atoms with Gasteiger partial charge in [0.25, 0.3) is 0 Å². The van der Waals surface area contributed by atoms with Crippen LogP contribution in [-0.4, -0.2) is 157 Å². The molecule has 2 aromatic carbocycles. The third-order valence-electron chi connectivity index (χ3n) is 10.1. The first kappa shape index (κ1) is 38.5. The van der Waals surface area contributed by atoms with Crippen LogP contribution in [-0.2, 0) is 18.9 Å². The van der Waals surface area contributed by atoms with Gasteiger partial charge in [-0.25, -0.2) is 0 Å². The first-order chi connectivity index (χ1) is 25.0. The minimum atomic E-state index is -1.65. The maximum absolute atomic E-state index is 10.5. The Bertz CT molecular complexity index is 1360. The summed E-state index contributed by atoms with van der Waals surface area (Å²) in [5, 5.41) is 81.0. The van der Waals surface area contributed by atoms with E-state index >= 15 is 0 Å². The molecule has 8 N–H and O–H groups in total. The maximum atomic E-state index is 10.5. The fraction of sp³-hybridized carbons (Fsp3) is 0.647. The maximum Gasteiger partial charge on any atom is 0.229 e. The highest BCUT2D eigenvalue weighted by Crippen LogP contribution is 2.54. The third-order valence-corrected chi connectivity index (χ3v) is 10.1. The van der Waals surface area contributed by atoms with E-state index in [0.29, 0.717) is 24.3 Å². The SMILES string of the molecule is COc1cc(C2OCC3C(c4cc(OC)c(O[C@H]5O[C@@H](CO)[C@@H](O)[C@@H](O)[C@@H]5O)c(OC)c4)OCC23)cc(OC)c1O[C@@H]1O[C@H](CO)[C@@H](O)[C@H](O)[C@@H]1O. The van der Waals surface area contributed by atoms with Gasteiger partial charge in [-0.3, -0.25) is 0 Å². The molecule has 4 aliphatic rings. The fourth-order valence-corrected chi connectivity index (χ4v) is 7.16. The summed E-state index contributed by atoms with van der Waals surface area (Å²) >= 11 is 0. The van der Waals surface area contributed by atoms with Crippen molar-refractivity contribution >= 4 is 0 Å². The Balaban J connectivity index is 1.22. The minimum absolute atomic E-state index is 0.0541. The molecule has 52 heavy (non-hydrogen) atoms. The zero-order valence-corrected chi connectivity index (χ0v) is 28.9. The molecule has 4 fully saturated rings. The Morgan fingerprint density at radius 3 is 1.13 bits per heavy atom. The van der Waals surface area contributed by atoms with Crippen LogP contribution in [0.15, 0.2) is 24.3 Å². The lowest BCUT2D eigenvalue weighted by Gasteiger charge is -2.39. The molecule has 0 amide bonds.